The minimum absolute atomic E-state index is 0.0179. The van der Waals surface area contributed by atoms with Gasteiger partial charge in [-0.2, -0.15) is 26.3 Å². The molecule has 1 atom stereocenters. The Bertz CT molecular complexity index is 908. The first-order valence-corrected chi connectivity index (χ1v) is 10.5. The first-order chi connectivity index (χ1) is 15.8. The maximum absolute atomic E-state index is 13.3. The van der Waals surface area contributed by atoms with E-state index in [0.29, 0.717) is 32.8 Å². The van der Waals surface area contributed by atoms with Crippen molar-refractivity contribution < 1.29 is 36.2 Å². The second-order valence-electron chi connectivity index (χ2n) is 7.74. The van der Waals surface area contributed by atoms with Crippen LogP contribution in [-0.4, -0.2) is 65.0 Å². The van der Waals surface area contributed by atoms with Crippen molar-refractivity contribution in [2.24, 2.45) is 0 Å². The fraction of sp³-hybridized carbons (Fsp3) is 0.500. The number of morpholine rings is 1. The number of pyridine rings is 1. The molecule has 0 spiro atoms. The fourth-order valence-electron chi connectivity index (χ4n) is 3.33. The molecular weight excluding hydrogens is 466 g/mol. The number of alkyl halides is 6. The van der Waals surface area contributed by atoms with Gasteiger partial charge < -0.3 is 20.5 Å². The smallest absolute Gasteiger partial charge is 0.383 e. The normalized spacial score (nSPS) is 16.9. The summed E-state index contributed by atoms with van der Waals surface area (Å²) in [4.78, 5) is 6.62. The minimum atomic E-state index is -4.99. The Balaban J connectivity index is 2.41. The van der Waals surface area contributed by atoms with Crippen molar-refractivity contribution >= 4 is 11.4 Å². The summed E-state index contributed by atoms with van der Waals surface area (Å²) in [6.07, 6.45) is -9.96. The van der Waals surface area contributed by atoms with Gasteiger partial charge in [-0.3, -0.25) is 4.90 Å². The Morgan fingerprint density at radius 3 is 2.41 bits per heavy atom. The second-order valence-corrected chi connectivity index (χ2v) is 7.74. The van der Waals surface area contributed by atoms with E-state index in [1.54, 1.807) is 6.92 Å². The van der Waals surface area contributed by atoms with E-state index in [0.717, 1.165) is 17.2 Å². The summed E-state index contributed by atoms with van der Waals surface area (Å²) in [6, 6.07) is 0.787. The van der Waals surface area contributed by atoms with E-state index in [-0.39, 0.29) is 29.7 Å². The van der Waals surface area contributed by atoms with Crippen LogP contribution >= 0.6 is 0 Å². The lowest BCUT2D eigenvalue weighted by Crippen LogP contribution is -2.39. The van der Waals surface area contributed by atoms with Crippen LogP contribution in [-0.2, 0) is 10.9 Å². The number of allylic oxidation sites excluding steroid dienone is 1. The van der Waals surface area contributed by atoms with Crippen molar-refractivity contribution in [1.29, 1.82) is 0 Å². The van der Waals surface area contributed by atoms with E-state index < -0.39 is 35.5 Å². The van der Waals surface area contributed by atoms with Gasteiger partial charge in [0.1, 0.15) is 5.82 Å². The van der Waals surface area contributed by atoms with Crippen molar-refractivity contribution in [2.45, 2.75) is 38.2 Å². The Kier molecular flexibility index (Phi) is 9.15. The van der Waals surface area contributed by atoms with E-state index >= 15 is 0 Å². The molecule has 1 aromatic heterocycles. The lowest BCUT2D eigenvalue weighted by Gasteiger charge is -2.32. The van der Waals surface area contributed by atoms with Crippen molar-refractivity contribution in [1.82, 2.24) is 14.8 Å². The zero-order valence-electron chi connectivity index (χ0n) is 18.7. The minimum Gasteiger partial charge on any atom is -0.383 e. The lowest BCUT2D eigenvalue weighted by molar-refractivity contribution is -0.194. The van der Waals surface area contributed by atoms with Gasteiger partial charge in [-0.15, -0.1) is 0 Å². The van der Waals surface area contributed by atoms with Gasteiger partial charge in [0.2, 0.25) is 0 Å². The van der Waals surface area contributed by atoms with Crippen LogP contribution in [0.5, 0.6) is 0 Å². The summed E-state index contributed by atoms with van der Waals surface area (Å²) >= 11 is 0. The molecule has 0 bridgehead atoms. The van der Waals surface area contributed by atoms with Crippen molar-refractivity contribution in [3.63, 3.8) is 0 Å². The van der Waals surface area contributed by atoms with E-state index in [4.69, 9.17) is 10.5 Å². The van der Waals surface area contributed by atoms with Gasteiger partial charge in [0, 0.05) is 44.1 Å². The molecule has 1 aliphatic heterocycles. The summed E-state index contributed by atoms with van der Waals surface area (Å²) in [7, 11) is 0. The topological polar surface area (TPSA) is 74.9 Å². The van der Waals surface area contributed by atoms with Crippen LogP contribution in [0.15, 0.2) is 43.0 Å². The number of halogens is 6. The number of hydrogen-bond donors (Lipinski definition) is 2. The molecule has 34 heavy (non-hydrogen) atoms. The third-order valence-electron chi connectivity index (χ3n) is 5.36. The van der Waals surface area contributed by atoms with Crippen LogP contribution in [0, 0.1) is 0 Å². The van der Waals surface area contributed by atoms with Crippen LogP contribution in [0.2, 0.25) is 0 Å². The Labute approximate surface area is 194 Å². The Morgan fingerprint density at radius 1 is 1.26 bits per heavy atom. The number of aliphatic hydroxyl groups excluding tert-OH is 1. The predicted octanol–water partition coefficient (Wildman–Crippen LogP) is 4.41. The molecule has 0 radical (unpaired) electrons. The van der Waals surface area contributed by atoms with Gasteiger partial charge in [-0.25, -0.2) is 4.98 Å². The number of rotatable bonds is 9. The van der Waals surface area contributed by atoms with E-state index in [2.05, 4.69) is 18.1 Å². The molecule has 0 saturated carbocycles. The molecule has 0 amide bonds. The largest absolute Gasteiger partial charge is 0.420 e. The number of aliphatic hydroxyl groups is 1. The Hall–Kier alpha value is -2.57. The number of nitrogen functional groups attached to an aromatic ring is 1. The number of ether oxygens (including phenoxy) is 1. The monoisotopic (exact) mass is 494 g/mol. The molecule has 1 saturated heterocycles. The fourth-order valence-corrected chi connectivity index (χ4v) is 3.33. The predicted molar refractivity (Wildman–Crippen MR) is 116 cm³/mol. The zero-order valence-corrected chi connectivity index (χ0v) is 18.7. The molecule has 1 unspecified atom stereocenters. The van der Waals surface area contributed by atoms with Crippen LogP contribution < -0.4 is 5.73 Å². The first-order valence-electron chi connectivity index (χ1n) is 10.5. The van der Waals surface area contributed by atoms with Gasteiger partial charge in [-0.05, 0) is 23.6 Å². The Morgan fingerprint density at radius 2 is 1.88 bits per heavy atom. The van der Waals surface area contributed by atoms with Crippen LogP contribution in [0.3, 0.4) is 0 Å². The van der Waals surface area contributed by atoms with Gasteiger partial charge in [0.15, 0.2) is 6.10 Å². The van der Waals surface area contributed by atoms with Crippen molar-refractivity contribution in [3.8, 4) is 0 Å². The highest BCUT2D eigenvalue weighted by atomic mass is 19.4. The van der Waals surface area contributed by atoms with E-state index in [1.807, 2.05) is 4.90 Å². The third-order valence-corrected chi connectivity index (χ3v) is 5.36. The number of nitrogens with two attached hydrogens (primary N) is 1. The van der Waals surface area contributed by atoms with E-state index in [9.17, 15) is 31.4 Å². The molecule has 12 heteroatoms. The molecule has 1 fully saturated rings. The molecule has 2 heterocycles. The number of nitrogens with zero attached hydrogens (tertiary/aromatic N) is 3. The molecule has 190 valence electrons. The summed E-state index contributed by atoms with van der Waals surface area (Å²) in [5.74, 6) is -0.713. The van der Waals surface area contributed by atoms with E-state index in [1.165, 1.54) is 6.20 Å². The average molecular weight is 494 g/mol. The highest BCUT2D eigenvalue weighted by Crippen LogP contribution is 2.35. The van der Waals surface area contributed by atoms with Gasteiger partial charge >= 0.3 is 12.4 Å². The molecule has 1 aromatic rings. The molecule has 0 aromatic carbocycles. The molecule has 3 N–H and O–H groups in total. The summed E-state index contributed by atoms with van der Waals surface area (Å²) in [5.41, 5.74) is 3.90. The number of anilines is 1. The average Bonchev–Trinajstić information content (AvgIpc) is 2.77. The van der Waals surface area contributed by atoms with Gasteiger partial charge in [0.05, 0.1) is 24.5 Å². The standard InChI is InChI=1S/C22H28F6N4O2/c1-4-16(17-11-18(21(23,24)25)20(29)30-12-17)13-32(15(3)19(33)22(26,27)28)14(2)5-6-31-7-9-34-10-8-31/h11-13,19,33H,2-10H2,1H3,(H2,29,30)/b16-13+. The zero-order chi connectivity index (χ0) is 25.7. The quantitative estimate of drug-likeness (QED) is 0.496. The second kappa shape index (κ2) is 11.2. The third kappa shape index (κ3) is 7.21. The molecule has 2 rings (SSSR count). The van der Waals surface area contributed by atoms with Crippen molar-refractivity contribution in [3.05, 3.63) is 54.1 Å². The summed E-state index contributed by atoms with van der Waals surface area (Å²) in [6.45, 7) is 11.7. The molecular formula is C22H28F6N4O2. The highest BCUT2D eigenvalue weighted by molar-refractivity contribution is 5.67. The lowest BCUT2D eigenvalue weighted by atomic mass is 10.0. The first kappa shape index (κ1) is 27.7. The summed E-state index contributed by atoms with van der Waals surface area (Å²) in [5, 5.41) is 9.79. The maximum atomic E-state index is 13.3. The maximum Gasteiger partial charge on any atom is 0.420 e. The number of hydrogen-bond acceptors (Lipinski definition) is 6. The SMILES string of the molecule is C=C(CCN1CCOCC1)N(/C=C(\CC)c1cnc(N)c(C(F)(F)F)c1)C(=C)C(O)C(F)(F)F. The van der Waals surface area contributed by atoms with Crippen LogP contribution in [0.1, 0.15) is 30.9 Å². The number of aromatic nitrogens is 1. The van der Waals surface area contributed by atoms with Gasteiger partial charge in [0.25, 0.3) is 0 Å². The van der Waals surface area contributed by atoms with Crippen LogP contribution in [0.25, 0.3) is 5.57 Å². The highest BCUT2D eigenvalue weighted by Gasteiger charge is 2.42. The molecule has 1 aliphatic rings. The van der Waals surface area contributed by atoms with Gasteiger partial charge in [-0.1, -0.05) is 20.1 Å². The summed E-state index contributed by atoms with van der Waals surface area (Å²) < 4.78 is 84.7. The molecule has 0 aliphatic carbocycles. The van der Waals surface area contributed by atoms with Crippen LogP contribution in [0.4, 0.5) is 32.2 Å². The van der Waals surface area contributed by atoms with Crippen molar-refractivity contribution in [2.75, 3.05) is 38.6 Å². The molecule has 6 nitrogen and oxygen atoms in total.